The number of anilines is 1. The van der Waals surface area contributed by atoms with Gasteiger partial charge >= 0.3 is 6.09 Å². The van der Waals surface area contributed by atoms with Gasteiger partial charge in [-0.25, -0.2) is 14.8 Å². The van der Waals surface area contributed by atoms with E-state index >= 15 is 0 Å². The first-order valence-corrected chi connectivity index (χ1v) is 18.3. The summed E-state index contributed by atoms with van der Waals surface area (Å²) in [5, 5.41) is 26.6. The van der Waals surface area contributed by atoms with Gasteiger partial charge in [-0.15, -0.1) is 11.3 Å². The maximum absolute atomic E-state index is 13.2. The molecule has 50 heavy (non-hydrogen) atoms. The first-order valence-electron chi connectivity index (χ1n) is 17.4. The summed E-state index contributed by atoms with van der Waals surface area (Å²) in [6.45, 7) is 11.4. The van der Waals surface area contributed by atoms with Gasteiger partial charge in [-0.05, 0) is 89.7 Å². The van der Waals surface area contributed by atoms with Crippen molar-refractivity contribution in [3.63, 3.8) is 0 Å². The fraction of sp³-hybridized carbons (Fsp3) is 0.474. The van der Waals surface area contributed by atoms with Gasteiger partial charge in [0.15, 0.2) is 5.79 Å². The number of aromatic amines is 1. The van der Waals surface area contributed by atoms with Gasteiger partial charge in [-0.1, -0.05) is 36.4 Å². The second-order valence-corrected chi connectivity index (χ2v) is 15.4. The van der Waals surface area contributed by atoms with Crippen LogP contribution in [0, 0.1) is 5.92 Å². The van der Waals surface area contributed by atoms with Crippen molar-refractivity contribution in [2.24, 2.45) is 5.92 Å². The largest absolute Gasteiger partial charge is 0.444 e. The minimum atomic E-state index is -1.50. The molecule has 2 atom stereocenters. The van der Waals surface area contributed by atoms with Gasteiger partial charge in [0, 0.05) is 66.6 Å². The molecule has 1 aliphatic rings. The number of nitrogens with one attached hydrogen (secondary N) is 1. The number of hydrogen-bond donors (Lipinski definition) is 3. The minimum Gasteiger partial charge on any atom is -0.444 e. The molecule has 3 N–H and O–H groups in total. The molecule has 6 rings (SSSR count). The Morgan fingerprint density at radius 3 is 2.50 bits per heavy atom. The lowest BCUT2D eigenvalue weighted by molar-refractivity contribution is -0.127. The topological polar surface area (TPSA) is 133 Å². The number of rotatable bonds is 12. The zero-order valence-electron chi connectivity index (χ0n) is 29.8. The van der Waals surface area contributed by atoms with Gasteiger partial charge in [-0.3, -0.25) is 5.10 Å². The molecule has 4 heterocycles. The molecule has 4 aromatic heterocycles. The number of H-pyrrole nitrogens is 1. The van der Waals surface area contributed by atoms with Gasteiger partial charge in [0.1, 0.15) is 17.6 Å². The fourth-order valence-electron chi connectivity index (χ4n) is 6.40. The molecule has 1 saturated carbocycles. The fourth-order valence-corrected chi connectivity index (χ4v) is 7.15. The van der Waals surface area contributed by atoms with Gasteiger partial charge in [0.25, 0.3) is 0 Å². The highest BCUT2D eigenvalue weighted by molar-refractivity contribution is 7.13. The summed E-state index contributed by atoms with van der Waals surface area (Å²) in [4.78, 5) is 27.7. The van der Waals surface area contributed by atoms with E-state index in [4.69, 9.17) is 19.9 Å². The summed E-state index contributed by atoms with van der Waals surface area (Å²) >= 11 is 1.75. The standard InChI is InChI=1S/C35H43N7O2S.C3H8O2/c1-35(2,3)44-34(43)40(17-14-26-9-5-4-6-10-26)15-8-16-41(29-20-38-39-21-29)23-27-12-13-28(19-27)42-24-31(32-11-7-18-45-32)30-22-36-25-37-33(30)42;1-3(2,4)5/h4-7,9-11,18,20-22,24-25,27-28H,8,12-17,19,23H2,1-3H3,(H,38,39);4-5H,1-2H3/t27-,28+;/m1./s1. The van der Waals surface area contributed by atoms with Gasteiger partial charge in [0.2, 0.25) is 0 Å². The van der Waals surface area contributed by atoms with Crippen molar-refractivity contribution in [1.29, 1.82) is 0 Å². The number of amides is 1. The molecule has 0 unspecified atom stereocenters. The summed E-state index contributed by atoms with van der Waals surface area (Å²) < 4.78 is 8.17. The Hall–Kier alpha value is -4.26. The number of nitrogens with zero attached hydrogens (tertiary/aromatic N) is 6. The maximum atomic E-state index is 13.2. The number of ether oxygens (including phenoxy) is 1. The molecule has 1 aliphatic carbocycles. The van der Waals surface area contributed by atoms with Crippen LogP contribution in [0.3, 0.4) is 0 Å². The number of carbonyl (C=O) groups excluding carboxylic acids is 1. The lowest BCUT2D eigenvalue weighted by Crippen LogP contribution is -2.40. The Bertz CT molecular complexity index is 1740. The summed E-state index contributed by atoms with van der Waals surface area (Å²) in [6.07, 6.45) is 14.5. The van der Waals surface area contributed by atoms with Crippen molar-refractivity contribution in [3.8, 4) is 10.4 Å². The Balaban J connectivity index is 0.000000908. The highest BCUT2D eigenvalue weighted by atomic mass is 32.1. The molecule has 0 radical (unpaired) electrons. The van der Waals surface area contributed by atoms with Crippen LogP contribution in [0.25, 0.3) is 21.5 Å². The number of carbonyl (C=O) groups is 1. The van der Waals surface area contributed by atoms with E-state index in [9.17, 15) is 4.79 Å². The number of thiophene rings is 1. The van der Waals surface area contributed by atoms with Crippen LogP contribution in [-0.4, -0.2) is 83.5 Å². The predicted octanol–water partition coefficient (Wildman–Crippen LogP) is 7.31. The number of aromatic nitrogens is 5. The molecular weight excluding hydrogens is 651 g/mol. The van der Waals surface area contributed by atoms with Crippen LogP contribution < -0.4 is 4.90 Å². The number of benzene rings is 1. The molecule has 268 valence electrons. The van der Waals surface area contributed by atoms with E-state index in [0.29, 0.717) is 25.0 Å². The number of hydrogen-bond acceptors (Lipinski definition) is 9. The molecule has 12 heteroatoms. The molecule has 0 saturated heterocycles. The molecule has 11 nitrogen and oxygen atoms in total. The van der Waals surface area contributed by atoms with Crippen LogP contribution >= 0.6 is 11.3 Å². The molecule has 0 bridgehead atoms. The van der Waals surface area contributed by atoms with Crippen LogP contribution in [-0.2, 0) is 11.2 Å². The molecule has 1 amide bonds. The highest BCUT2D eigenvalue weighted by Gasteiger charge is 2.30. The van der Waals surface area contributed by atoms with Crippen molar-refractivity contribution >= 4 is 34.2 Å². The van der Waals surface area contributed by atoms with Crippen molar-refractivity contribution in [2.45, 2.75) is 84.2 Å². The molecular formula is C38H51N7O4S. The van der Waals surface area contributed by atoms with Crippen molar-refractivity contribution in [3.05, 3.63) is 84.5 Å². The normalized spacial score (nSPS) is 16.2. The zero-order valence-corrected chi connectivity index (χ0v) is 30.6. The van der Waals surface area contributed by atoms with E-state index in [-0.39, 0.29) is 6.09 Å². The smallest absolute Gasteiger partial charge is 0.410 e. The van der Waals surface area contributed by atoms with Crippen molar-refractivity contribution < 1.29 is 19.7 Å². The van der Waals surface area contributed by atoms with E-state index in [0.717, 1.165) is 61.9 Å². The van der Waals surface area contributed by atoms with Crippen molar-refractivity contribution in [1.82, 2.24) is 29.6 Å². The van der Waals surface area contributed by atoms with E-state index in [1.165, 1.54) is 29.9 Å². The Morgan fingerprint density at radius 2 is 1.82 bits per heavy atom. The Labute approximate surface area is 298 Å². The summed E-state index contributed by atoms with van der Waals surface area (Å²) in [6, 6.07) is 15.0. The molecule has 0 spiro atoms. The van der Waals surface area contributed by atoms with Gasteiger partial charge in [0.05, 0.1) is 11.9 Å². The second-order valence-electron chi connectivity index (χ2n) is 14.5. The Morgan fingerprint density at radius 1 is 1.04 bits per heavy atom. The monoisotopic (exact) mass is 701 g/mol. The van der Waals surface area contributed by atoms with Crippen LogP contribution in [0.4, 0.5) is 10.5 Å². The predicted molar refractivity (Wildman–Crippen MR) is 199 cm³/mol. The average Bonchev–Trinajstić information content (AvgIpc) is 3.88. The van der Waals surface area contributed by atoms with Gasteiger partial charge in [-0.2, -0.15) is 5.10 Å². The molecule has 1 fully saturated rings. The minimum absolute atomic E-state index is 0.253. The van der Waals surface area contributed by atoms with E-state index < -0.39 is 11.4 Å². The summed E-state index contributed by atoms with van der Waals surface area (Å²) in [7, 11) is 0. The van der Waals surface area contributed by atoms with E-state index in [1.54, 1.807) is 17.7 Å². The number of aliphatic hydroxyl groups is 2. The molecule has 5 aromatic rings. The summed E-state index contributed by atoms with van der Waals surface area (Å²) in [5.74, 6) is -0.964. The SMILES string of the molecule is CC(C)(C)OC(=O)N(CCCN(C[C@@H]1CC[C@H](n2cc(-c3cccs3)c3cncnc32)C1)c1cn[nH]c1)CCc1ccccc1.CC(C)(O)O. The van der Waals surface area contributed by atoms with E-state index in [2.05, 4.69) is 60.5 Å². The van der Waals surface area contributed by atoms with Crippen molar-refractivity contribution in [2.75, 3.05) is 31.1 Å². The second kappa shape index (κ2) is 16.6. The number of fused-ring (bicyclic) bond motifs is 1. The maximum Gasteiger partial charge on any atom is 0.410 e. The van der Waals surface area contributed by atoms with Gasteiger partial charge < -0.3 is 29.3 Å². The average molecular weight is 702 g/mol. The highest BCUT2D eigenvalue weighted by Crippen LogP contribution is 2.40. The third kappa shape index (κ3) is 10.9. The Kier molecular flexibility index (Phi) is 12.3. The quantitative estimate of drug-likeness (QED) is 0.115. The third-order valence-corrected chi connectivity index (χ3v) is 9.44. The first-order chi connectivity index (χ1) is 23.8. The van der Waals surface area contributed by atoms with E-state index in [1.807, 2.05) is 62.5 Å². The van der Waals surface area contributed by atoms with Crippen LogP contribution in [0.5, 0.6) is 0 Å². The lowest BCUT2D eigenvalue weighted by Gasteiger charge is -2.30. The molecule has 1 aromatic carbocycles. The van der Waals surface area contributed by atoms with Crippen LogP contribution in [0.2, 0.25) is 0 Å². The zero-order chi connectivity index (χ0) is 35.7. The van der Waals surface area contributed by atoms with Crippen LogP contribution in [0.15, 0.2) is 79.0 Å². The van der Waals surface area contributed by atoms with Crippen LogP contribution in [0.1, 0.15) is 71.9 Å². The lowest BCUT2D eigenvalue weighted by atomic mass is 10.1. The first kappa shape index (κ1) is 37.0. The summed E-state index contributed by atoms with van der Waals surface area (Å²) in [5.41, 5.74) is 4.00. The third-order valence-electron chi connectivity index (χ3n) is 8.54. The molecule has 0 aliphatic heterocycles.